The summed E-state index contributed by atoms with van der Waals surface area (Å²) in [6.07, 6.45) is 3.21. The maximum atomic E-state index is 12.7. The van der Waals surface area contributed by atoms with Crippen LogP contribution in [0.3, 0.4) is 0 Å². The summed E-state index contributed by atoms with van der Waals surface area (Å²) in [5.74, 6) is 0.305. The van der Waals surface area contributed by atoms with Gasteiger partial charge in [-0.1, -0.05) is 13.0 Å². The van der Waals surface area contributed by atoms with Gasteiger partial charge in [0, 0.05) is 29.6 Å². The molecule has 7 nitrogen and oxygen atoms in total. The lowest BCUT2D eigenvalue weighted by molar-refractivity contribution is 0.0234. The molecular formula is C19H23N3O4. The number of pyridine rings is 2. The van der Waals surface area contributed by atoms with E-state index < -0.39 is 0 Å². The number of aliphatic hydroxyl groups excluding tert-OH is 1. The molecule has 0 aliphatic heterocycles. The lowest BCUT2D eigenvalue weighted by atomic mass is 9.75. The van der Waals surface area contributed by atoms with E-state index in [0.717, 1.165) is 5.56 Å². The molecule has 0 saturated heterocycles. The summed E-state index contributed by atoms with van der Waals surface area (Å²) < 4.78 is 5.08. The molecule has 1 fully saturated rings. The fourth-order valence-corrected chi connectivity index (χ4v) is 3.22. The molecule has 1 saturated carbocycles. The van der Waals surface area contributed by atoms with Crippen LogP contribution >= 0.6 is 0 Å². The minimum Gasteiger partial charge on any atom is -0.481 e. The van der Waals surface area contributed by atoms with Crippen LogP contribution in [0.4, 0.5) is 0 Å². The predicted molar refractivity (Wildman–Crippen MR) is 96.2 cm³/mol. The number of methoxy groups -OCH3 is 1. The van der Waals surface area contributed by atoms with Gasteiger partial charge in [-0.25, -0.2) is 4.98 Å². The van der Waals surface area contributed by atoms with E-state index in [4.69, 9.17) is 4.74 Å². The van der Waals surface area contributed by atoms with E-state index in [1.54, 1.807) is 25.4 Å². The Labute approximate surface area is 151 Å². The van der Waals surface area contributed by atoms with Crippen molar-refractivity contribution in [2.75, 3.05) is 7.11 Å². The van der Waals surface area contributed by atoms with E-state index in [1.807, 2.05) is 13.0 Å². The first kappa shape index (κ1) is 18.1. The Balaban J connectivity index is 1.84. The number of amides is 1. The van der Waals surface area contributed by atoms with Crippen molar-refractivity contribution in [1.82, 2.24) is 15.3 Å². The van der Waals surface area contributed by atoms with Gasteiger partial charge in [-0.3, -0.25) is 9.59 Å². The highest BCUT2D eigenvalue weighted by Crippen LogP contribution is 2.38. The number of carbonyl (C=O) groups excluding carboxylic acids is 1. The lowest BCUT2D eigenvalue weighted by Gasteiger charge is -2.38. The van der Waals surface area contributed by atoms with Crippen molar-refractivity contribution in [1.29, 1.82) is 0 Å². The van der Waals surface area contributed by atoms with Crippen LogP contribution in [0.15, 0.2) is 35.3 Å². The van der Waals surface area contributed by atoms with Crippen LogP contribution in [0.5, 0.6) is 5.88 Å². The van der Waals surface area contributed by atoms with Crippen LogP contribution in [0.25, 0.3) is 0 Å². The highest BCUT2D eigenvalue weighted by molar-refractivity contribution is 5.94. The van der Waals surface area contributed by atoms with Crippen LogP contribution in [-0.4, -0.2) is 34.2 Å². The summed E-state index contributed by atoms with van der Waals surface area (Å²) >= 11 is 0. The van der Waals surface area contributed by atoms with Gasteiger partial charge >= 0.3 is 0 Å². The van der Waals surface area contributed by atoms with Gasteiger partial charge in [0.25, 0.3) is 5.91 Å². The Morgan fingerprint density at radius 3 is 2.77 bits per heavy atom. The van der Waals surface area contributed by atoms with E-state index >= 15 is 0 Å². The molecule has 0 spiro atoms. The second-order valence-corrected chi connectivity index (χ2v) is 6.58. The number of ether oxygens (including phenoxy) is 1. The molecular weight excluding hydrogens is 334 g/mol. The summed E-state index contributed by atoms with van der Waals surface area (Å²) in [4.78, 5) is 31.4. The molecule has 1 aliphatic rings. The van der Waals surface area contributed by atoms with Crippen LogP contribution in [-0.2, 0) is 6.42 Å². The van der Waals surface area contributed by atoms with Gasteiger partial charge in [0.05, 0.1) is 19.3 Å². The van der Waals surface area contributed by atoms with Gasteiger partial charge in [-0.15, -0.1) is 0 Å². The Morgan fingerprint density at radius 1 is 1.42 bits per heavy atom. The molecule has 7 heteroatoms. The van der Waals surface area contributed by atoms with Crippen molar-refractivity contribution < 1.29 is 14.6 Å². The maximum Gasteiger partial charge on any atom is 0.252 e. The van der Waals surface area contributed by atoms with Crippen LogP contribution in [0.1, 0.15) is 47.4 Å². The molecule has 1 amide bonds. The second-order valence-electron chi connectivity index (χ2n) is 6.58. The zero-order valence-corrected chi connectivity index (χ0v) is 14.9. The Morgan fingerprint density at radius 2 is 2.19 bits per heavy atom. The van der Waals surface area contributed by atoms with E-state index in [-0.39, 0.29) is 29.5 Å². The first-order valence-electron chi connectivity index (χ1n) is 8.72. The van der Waals surface area contributed by atoms with Gasteiger partial charge in [0.1, 0.15) is 0 Å². The van der Waals surface area contributed by atoms with Crippen molar-refractivity contribution in [3.05, 3.63) is 57.6 Å². The van der Waals surface area contributed by atoms with Crippen LogP contribution in [0, 0.1) is 5.92 Å². The van der Waals surface area contributed by atoms with Gasteiger partial charge in [0.15, 0.2) is 0 Å². The summed E-state index contributed by atoms with van der Waals surface area (Å²) in [5.41, 5.74) is 1.59. The Bertz CT molecular complexity index is 825. The van der Waals surface area contributed by atoms with Gasteiger partial charge in [0.2, 0.25) is 11.4 Å². The minimum absolute atomic E-state index is 0.122. The first-order chi connectivity index (χ1) is 12.5. The zero-order chi connectivity index (χ0) is 18.7. The number of hydrogen-bond donors (Lipinski definition) is 3. The third kappa shape index (κ3) is 3.94. The van der Waals surface area contributed by atoms with Crippen molar-refractivity contribution >= 4 is 5.91 Å². The molecule has 0 aromatic carbocycles. The molecule has 1 atom stereocenters. The molecule has 3 N–H and O–H groups in total. The summed E-state index contributed by atoms with van der Waals surface area (Å²) in [6, 6.07) is 6.31. The molecule has 2 aromatic heterocycles. The average Bonchev–Trinajstić information content (AvgIpc) is 2.63. The van der Waals surface area contributed by atoms with E-state index in [9.17, 15) is 14.7 Å². The number of aliphatic hydroxyl groups is 1. The van der Waals surface area contributed by atoms with Crippen molar-refractivity contribution in [3.8, 4) is 5.88 Å². The van der Waals surface area contributed by atoms with Crippen LogP contribution in [0.2, 0.25) is 0 Å². The van der Waals surface area contributed by atoms with E-state index in [2.05, 4.69) is 15.3 Å². The third-order valence-corrected chi connectivity index (χ3v) is 4.78. The molecule has 2 heterocycles. The fraction of sp³-hybridized carbons (Fsp3) is 0.421. The molecule has 3 rings (SSSR count). The predicted octanol–water partition coefficient (Wildman–Crippen LogP) is 1.58. The number of aromatic nitrogens is 2. The van der Waals surface area contributed by atoms with Gasteiger partial charge in [-0.2, -0.15) is 0 Å². The number of nitrogens with zero attached hydrogens (tertiary/aromatic N) is 1. The molecule has 26 heavy (non-hydrogen) atoms. The molecule has 0 radical (unpaired) electrons. The summed E-state index contributed by atoms with van der Waals surface area (Å²) in [5, 5.41) is 12.7. The first-order valence-corrected chi connectivity index (χ1v) is 8.72. The Hall–Kier alpha value is -2.67. The van der Waals surface area contributed by atoms with Crippen molar-refractivity contribution in [2.24, 2.45) is 5.92 Å². The van der Waals surface area contributed by atoms with E-state index in [0.29, 0.717) is 36.4 Å². The highest BCUT2D eigenvalue weighted by atomic mass is 16.5. The maximum absolute atomic E-state index is 12.7. The highest BCUT2D eigenvalue weighted by Gasteiger charge is 2.36. The second kappa shape index (κ2) is 7.70. The summed E-state index contributed by atoms with van der Waals surface area (Å²) in [6.45, 7) is 1.91. The number of rotatable bonds is 6. The number of hydrogen-bond acceptors (Lipinski definition) is 5. The quantitative estimate of drug-likeness (QED) is 0.728. The van der Waals surface area contributed by atoms with E-state index in [1.165, 1.54) is 6.07 Å². The van der Waals surface area contributed by atoms with Crippen molar-refractivity contribution in [2.45, 2.75) is 38.3 Å². The zero-order valence-electron chi connectivity index (χ0n) is 14.9. The minimum atomic E-state index is -0.336. The fourth-order valence-electron chi connectivity index (χ4n) is 3.22. The molecule has 0 unspecified atom stereocenters. The molecule has 138 valence electrons. The van der Waals surface area contributed by atoms with Crippen LogP contribution < -0.4 is 15.6 Å². The smallest absolute Gasteiger partial charge is 0.252 e. The largest absolute Gasteiger partial charge is 0.481 e. The van der Waals surface area contributed by atoms with Crippen molar-refractivity contribution in [3.63, 3.8) is 0 Å². The molecule has 2 aromatic rings. The molecule has 1 aliphatic carbocycles. The lowest BCUT2D eigenvalue weighted by Crippen LogP contribution is -2.41. The number of nitrogens with one attached hydrogen (secondary N) is 2. The topological polar surface area (TPSA) is 104 Å². The normalized spacial score (nSPS) is 20.1. The molecule has 0 bridgehead atoms. The number of H-pyrrole nitrogens is 1. The Kier molecular flexibility index (Phi) is 5.37. The average molecular weight is 357 g/mol. The number of carbonyl (C=O) groups is 1. The monoisotopic (exact) mass is 357 g/mol. The van der Waals surface area contributed by atoms with Gasteiger partial charge < -0.3 is 20.1 Å². The summed E-state index contributed by atoms with van der Waals surface area (Å²) in [7, 11) is 1.54. The standard InChI is InChI=1S/C19H23N3O4/c1-3-14-6-13(9-16(24)21-14)19(25)22-18(12-7-15(23)8-12)11-4-5-17(26-2)20-10-11/h4-6,9-10,12,15,18,23H,3,7-8H2,1-2H3,(H,21,24)(H,22,25)/t12?,15?,18-/m1/s1. The SMILES string of the molecule is CCc1cc(C(=O)N[C@H](c2ccc(OC)nc2)C2CC(O)C2)cc(=O)[nH]1. The third-order valence-electron chi connectivity index (χ3n) is 4.78. The van der Waals surface area contributed by atoms with Gasteiger partial charge in [-0.05, 0) is 36.8 Å². The number of aryl methyl sites for hydroxylation is 1. The number of aromatic amines is 1.